The third kappa shape index (κ3) is 4.26. The van der Waals surface area contributed by atoms with E-state index in [0.717, 1.165) is 63.3 Å². The number of aryl methyl sites for hydroxylation is 1. The van der Waals surface area contributed by atoms with Crippen molar-refractivity contribution in [2.24, 2.45) is 11.8 Å². The monoisotopic (exact) mass is 437 g/mol. The zero-order chi connectivity index (χ0) is 22.1. The van der Waals surface area contributed by atoms with Crippen LogP contribution in [0.15, 0.2) is 23.9 Å². The fourth-order valence-electron chi connectivity index (χ4n) is 6.38. The Labute approximate surface area is 190 Å². The van der Waals surface area contributed by atoms with E-state index in [1.165, 1.54) is 18.4 Å². The van der Waals surface area contributed by atoms with Crippen molar-refractivity contribution in [2.45, 2.75) is 76.8 Å². The van der Waals surface area contributed by atoms with Crippen molar-refractivity contribution in [2.75, 3.05) is 24.5 Å². The lowest BCUT2D eigenvalue weighted by Gasteiger charge is -2.56. The van der Waals surface area contributed by atoms with E-state index in [-0.39, 0.29) is 29.8 Å². The molecule has 1 aromatic rings. The topological polar surface area (TPSA) is 78.4 Å². The molecule has 0 saturated carbocycles. The van der Waals surface area contributed by atoms with Crippen LogP contribution < -0.4 is 10.2 Å². The van der Waals surface area contributed by atoms with Crippen LogP contribution in [-0.2, 0) is 9.59 Å². The van der Waals surface area contributed by atoms with Crippen molar-refractivity contribution in [3.8, 4) is 0 Å². The van der Waals surface area contributed by atoms with E-state index in [2.05, 4.69) is 26.3 Å². The Balaban J connectivity index is 1.34. The number of allylic oxidation sites excluding steroid dienone is 1. The first-order valence-electron chi connectivity index (χ1n) is 12.4. The lowest BCUT2D eigenvalue weighted by molar-refractivity contribution is -0.156. The van der Waals surface area contributed by atoms with Crippen molar-refractivity contribution in [3.05, 3.63) is 29.7 Å². The molecule has 3 saturated heterocycles. The van der Waals surface area contributed by atoms with E-state index in [9.17, 15) is 9.59 Å². The highest BCUT2D eigenvalue weighted by Crippen LogP contribution is 2.42. The van der Waals surface area contributed by atoms with Crippen LogP contribution >= 0.6 is 0 Å². The minimum Gasteiger partial charge on any atom is -0.356 e. The van der Waals surface area contributed by atoms with Crippen LogP contribution in [-0.4, -0.2) is 58.4 Å². The molecule has 0 unspecified atom stereocenters. The molecular formula is C25H35N5O2. The Morgan fingerprint density at radius 2 is 2.06 bits per heavy atom. The summed E-state index contributed by atoms with van der Waals surface area (Å²) in [4.78, 5) is 39.6. The summed E-state index contributed by atoms with van der Waals surface area (Å²) in [5, 5.41) is 3.20. The summed E-state index contributed by atoms with van der Waals surface area (Å²) in [6.45, 7) is 4.23. The fraction of sp³-hybridized carbons (Fsp3) is 0.680. The average Bonchev–Trinajstić information content (AvgIpc) is 2.80. The highest BCUT2D eigenvalue weighted by atomic mass is 16.2. The largest absolute Gasteiger partial charge is 0.356 e. The zero-order valence-corrected chi connectivity index (χ0v) is 19.1. The number of anilines is 1. The minimum atomic E-state index is -0.366. The number of fused-ring (bicyclic) bond motifs is 4. The summed E-state index contributed by atoms with van der Waals surface area (Å²) < 4.78 is 0. The molecular weight excluding hydrogens is 402 g/mol. The second-order valence-electron chi connectivity index (χ2n) is 9.98. The molecule has 4 aliphatic rings. The number of hydrogen-bond acceptors (Lipinski definition) is 5. The van der Waals surface area contributed by atoms with Crippen LogP contribution in [0.25, 0.3) is 0 Å². The molecule has 1 aliphatic carbocycles. The first kappa shape index (κ1) is 21.4. The van der Waals surface area contributed by atoms with Gasteiger partial charge in [-0.3, -0.25) is 9.59 Å². The number of aromatic nitrogens is 2. The number of carbonyl (C=O) groups is 2. The summed E-state index contributed by atoms with van der Waals surface area (Å²) in [6.07, 6.45) is 13.4. The van der Waals surface area contributed by atoms with Gasteiger partial charge in [0.05, 0.1) is 0 Å². The molecule has 0 aromatic carbocycles. The molecule has 5 rings (SSSR count). The predicted octanol–water partition coefficient (Wildman–Crippen LogP) is 3.00. The summed E-state index contributed by atoms with van der Waals surface area (Å²) in [5.74, 6) is 2.43. The second kappa shape index (κ2) is 9.20. The van der Waals surface area contributed by atoms with Gasteiger partial charge < -0.3 is 15.1 Å². The summed E-state index contributed by atoms with van der Waals surface area (Å²) in [7, 11) is 0. The molecule has 7 heteroatoms. The van der Waals surface area contributed by atoms with E-state index in [1.807, 2.05) is 24.1 Å². The van der Waals surface area contributed by atoms with E-state index in [1.54, 1.807) is 0 Å². The standard InChI is InChI=1S/C25H35N5O2/c1-17-26-13-11-22(28-17)29-15-19-14-20(16-29)24(30-21(19)8-5-9-23(30)31)25(32)27-12-10-18-6-3-2-4-7-18/h6,11,13,19-21,24H,2-5,7-10,12,14-16H2,1H3,(H,27,32)/t19-,20+,21+,24-/m1/s1. The Bertz CT molecular complexity index is 900. The van der Waals surface area contributed by atoms with Crippen molar-refractivity contribution >= 4 is 17.6 Å². The molecule has 3 aliphatic heterocycles. The normalized spacial score (nSPS) is 29.9. The van der Waals surface area contributed by atoms with Gasteiger partial charge in [0.2, 0.25) is 11.8 Å². The first-order valence-corrected chi connectivity index (χ1v) is 12.4. The molecule has 3 fully saturated rings. The van der Waals surface area contributed by atoms with Gasteiger partial charge in [0.15, 0.2) is 0 Å². The van der Waals surface area contributed by atoms with E-state index >= 15 is 0 Å². The smallest absolute Gasteiger partial charge is 0.243 e. The van der Waals surface area contributed by atoms with Gasteiger partial charge in [0, 0.05) is 44.2 Å². The molecule has 2 amide bonds. The molecule has 4 heterocycles. The Morgan fingerprint density at radius 1 is 1.19 bits per heavy atom. The van der Waals surface area contributed by atoms with Gasteiger partial charge in [-0.1, -0.05) is 11.6 Å². The Morgan fingerprint density at radius 3 is 2.88 bits per heavy atom. The van der Waals surface area contributed by atoms with Gasteiger partial charge in [-0.05, 0) is 70.3 Å². The molecule has 1 N–H and O–H groups in total. The quantitative estimate of drug-likeness (QED) is 0.717. The number of carbonyl (C=O) groups excluding carboxylic acids is 2. The highest BCUT2D eigenvalue weighted by Gasteiger charge is 2.52. The number of hydrogen-bond donors (Lipinski definition) is 1. The fourth-order valence-corrected chi connectivity index (χ4v) is 6.38. The maximum Gasteiger partial charge on any atom is 0.243 e. The Hall–Kier alpha value is -2.44. The Kier molecular flexibility index (Phi) is 6.15. The summed E-state index contributed by atoms with van der Waals surface area (Å²) in [6, 6.07) is 1.76. The molecule has 0 radical (unpaired) electrons. The molecule has 0 spiro atoms. The molecule has 1 aromatic heterocycles. The first-order chi connectivity index (χ1) is 15.6. The highest BCUT2D eigenvalue weighted by molar-refractivity contribution is 5.89. The third-order valence-electron chi connectivity index (χ3n) is 7.83. The second-order valence-corrected chi connectivity index (χ2v) is 9.98. The molecule has 172 valence electrons. The van der Waals surface area contributed by atoms with Crippen LogP contribution in [0, 0.1) is 18.8 Å². The van der Waals surface area contributed by atoms with Gasteiger partial charge in [-0.25, -0.2) is 9.97 Å². The van der Waals surface area contributed by atoms with E-state index in [0.29, 0.717) is 18.9 Å². The lowest BCUT2D eigenvalue weighted by Crippen LogP contribution is -2.68. The van der Waals surface area contributed by atoms with Gasteiger partial charge in [0.25, 0.3) is 0 Å². The number of amides is 2. The van der Waals surface area contributed by atoms with Gasteiger partial charge in [-0.2, -0.15) is 0 Å². The number of nitrogens with zero attached hydrogens (tertiary/aromatic N) is 4. The summed E-state index contributed by atoms with van der Waals surface area (Å²) >= 11 is 0. The van der Waals surface area contributed by atoms with Crippen molar-refractivity contribution < 1.29 is 9.59 Å². The van der Waals surface area contributed by atoms with Crippen LogP contribution in [0.5, 0.6) is 0 Å². The number of nitrogens with one attached hydrogen (secondary N) is 1. The van der Waals surface area contributed by atoms with Gasteiger partial charge in [-0.15, -0.1) is 0 Å². The lowest BCUT2D eigenvalue weighted by atomic mass is 9.71. The van der Waals surface area contributed by atoms with Crippen LogP contribution in [0.3, 0.4) is 0 Å². The van der Waals surface area contributed by atoms with Gasteiger partial charge in [0.1, 0.15) is 17.7 Å². The van der Waals surface area contributed by atoms with Crippen LogP contribution in [0.2, 0.25) is 0 Å². The maximum atomic E-state index is 13.5. The maximum absolute atomic E-state index is 13.5. The predicted molar refractivity (Wildman–Crippen MR) is 123 cm³/mol. The third-order valence-corrected chi connectivity index (χ3v) is 7.83. The van der Waals surface area contributed by atoms with Crippen molar-refractivity contribution in [1.29, 1.82) is 0 Å². The van der Waals surface area contributed by atoms with Crippen LogP contribution in [0.4, 0.5) is 5.82 Å². The number of piperidine rings is 3. The molecule has 2 bridgehead atoms. The molecule has 32 heavy (non-hydrogen) atoms. The number of rotatable bonds is 5. The zero-order valence-electron chi connectivity index (χ0n) is 19.1. The van der Waals surface area contributed by atoms with E-state index in [4.69, 9.17) is 0 Å². The average molecular weight is 438 g/mol. The summed E-state index contributed by atoms with van der Waals surface area (Å²) in [5.41, 5.74) is 1.47. The van der Waals surface area contributed by atoms with Crippen molar-refractivity contribution in [3.63, 3.8) is 0 Å². The van der Waals surface area contributed by atoms with E-state index < -0.39 is 0 Å². The minimum absolute atomic E-state index is 0.0332. The van der Waals surface area contributed by atoms with Crippen molar-refractivity contribution in [1.82, 2.24) is 20.2 Å². The van der Waals surface area contributed by atoms with Gasteiger partial charge >= 0.3 is 0 Å². The molecule has 7 nitrogen and oxygen atoms in total. The SMILES string of the molecule is Cc1nccc(N2C[C@H]3C[C@@H](C2)[C@H](C(=O)NCCC2=CCCCC2)N2C(=O)CCC[C@@H]32)n1. The molecule has 4 atom stereocenters. The van der Waals surface area contributed by atoms with Crippen LogP contribution in [0.1, 0.15) is 63.6 Å².